The third kappa shape index (κ3) is 4.54. The van der Waals surface area contributed by atoms with Crippen LogP contribution in [0.25, 0.3) is 0 Å². The Hall–Kier alpha value is -0.160. The highest BCUT2D eigenvalue weighted by molar-refractivity contribution is 4.82. The molecule has 3 unspecified atom stereocenters. The van der Waals surface area contributed by atoms with Gasteiger partial charge < -0.3 is 15.8 Å². The van der Waals surface area contributed by atoms with Gasteiger partial charge in [-0.3, -0.25) is 4.90 Å². The molecule has 1 aliphatic carbocycles. The summed E-state index contributed by atoms with van der Waals surface area (Å²) in [5.74, 6) is 0. The van der Waals surface area contributed by atoms with E-state index in [0.29, 0.717) is 18.1 Å². The van der Waals surface area contributed by atoms with Gasteiger partial charge in [-0.2, -0.15) is 0 Å². The molecule has 0 spiro atoms. The van der Waals surface area contributed by atoms with Gasteiger partial charge in [0, 0.05) is 37.8 Å². The van der Waals surface area contributed by atoms with Crippen molar-refractivity contribution < 1.29 is 4.74 Å². The Morgan fingerprint density at radius 2 is 2.12 bits per heavy atom. The van der Waals surface area contributed by atoms with Gasteiger partial charge in [-0.1, -0.05) is 6.42 Å². The zero-order valence-corrected chi connectivity index (χ0v) is 11.0. The van der Waals surface area contributed by atoms with Gasteiger partial charge in [0.2, 0.25) is 0 Å². The molecule has 0 amide bonds. The van der Waals surface area contributed by atoms with Crippen molar-refractivity contribution in [3.8, 4) is 0 Å². The molecule has 3 N–H and O–H groups in total. The van der Waals surface area contributed by atoms with E-state index in [2.05, 4.69) is 17.1 Å². The van der Waals surface area contributed by atoms with Crippen LogP contribution in [0.15, 0.2) is 0 Å². The van der Waals surface area contributed by atoms with Gasteiger partial charge in [0.05, 0.1) is 13.2 Å². The second kappa shape index (κ2) is 6.69. The van der Waals surface area contributed by atoms with Crippen LogP contribution in [0.1, 0.15) is 32.6 Å². The van der Waals surface area contributed by atoms with Crippen LogP contribution in [0.5, 0.6) is 0 Å². The molecule has 2 rings (SSSR count). The van der Waals surface area contributed by atoms with Crippen molar-refractivity contribution in [2.75, 3.05) is 32.8 Å². The van der Waals surface area contributed by atoms with Crippen molar-refractivity contribution in [3.05, 3.63) is 0 Å². The van der Waals surface area contributed by atoms with Gasteiger partial charge in [0.1, 0.15) is 0 Å². The molecule has 1 saturated heterocycles. The van der Waals surface area contributed by atoms with E-state index in [9.17, 15) is 0 Å². The Labute approximate surface area is 105 Å². The Balaban J connectivity index is 1.66. The lowest BCUT2D eigenvalue weighted by Gasteiger charge is -2.33. The number of morpholine rings is 1. The fourth-order valence-electron chi connectivity index (χ4n) is 3.01. The van der Waals surface area contributed by atoms with Crippen molar-refractivity contribution in [2.24, 2.45) is 5.73 Å². The predicted octanol–water partition coefficient (Wildman–Crippen LogP) is 0.567. The Kier molecular flexibility index (Phi) is 5.22. The van der Waals surface area contributed by atoms with E-state index >= 15 is 0 Å². The lowest BCUT2D eigenvalue weighted by Crippen LogP contribution is -2.49. The molecule has 1 saturated carbocycles. The predicted molar refractivity (Wildman–Crippen MR) is 70.1 cm³/mol. The molecule has 4 heteroatoms. The molecular weight excluding hydrogens is 214 g/mol. The smallest absolute Gasteiger partial charge is 0.0594 e. The summed E-state index contributed by atoms with van der Waals surface area (Å²) in [6.07, 6.45) is 4.92. The summed E-state index contributed by atoms with van der Waals surface area (Å²) in [6, 6.07) is 1.61. The molecule has 0 aromatic carbocycles. The average molecular weight is 241 g/mol. The minimum Gasteiger partial charge on any atom is -0.379 e. The molecule has 4 nitrogen and oxygen atoms in total. The lowest BCUT2D eigenvalue weighted by molar-refractivity contribution is 0.0335. The molecule has 0 aromatic heterocycles. The summed E-state index contributed by atoms with van der Waals surface area (Å²) in [5, 5.41) is 3.73. The quantitative estimate of drug-likeness (QED) is 0.755. The Morgan fingerprint density at radius 3 is 2.82 bits per heavy atom. The number of nitrogens with zero attached hydrogens (tertiary/aromatic N) is 1. The largest absolute Gasteiger partial charge is 0.379 e. The standard InChI is InChI=1S/C13H27N3O/c1-11(10-16-5-7-17-8-6-16)15-13-4-2-3-12(14)9-13/h11-13,15H,2-10,14H2,1H3. The third-order valence-corrected chi connectivity index (χ3v) is 3.87. The fourth-order valence-corrected chi connectivity index (χ4v) is 3.01. The SMILES string of the molecule is CC(CN1CCOCC1)NC1CCCC(N)C1. The van der Waals surface area contributed by atoms with Crippen LogP contribution in [-0.4, -0.2) is 55.9 Å². The molecule has 17 heavy (non-hydrogen) atoms. The number of hydrogen-bond donors (Lipinski definition) is 2. The highest BCUT2D eigenvalue weighted by Crippen LogP contribution is 2.17. The van der Waals surface area contributed by atoms with Crippen LogP contribution in [0, 0.1) is 0 Å². The number of ether oxygens (including phenoxy) is 1. The highest BCUT2D eigenvalue weighted by atomic mass is 16.5. The van der Waals surface area contributed by atoms with Crippen molar-refractivity contribution in [3.63, 3.8) is 0 Å². The van der Waals surface area contributed by atoms with E-state index in [1.54, 1.807) is 0 Å². The maximum absolute atomic E-state index is 6.02. The number of rotatable bonds is 4. The molecule has 3 atom stereocenters. The molecular formula is C13H27N3O. The van der Waals surface area contributed by atoms with Crippen LogP contribution in [0.4, 0.5) is 0 Å². The maximum atomic E-state index is 6.02. The zero-order chi connectivity index (χ0) is 12.1. The van der Waals surface area contributed by atoms with E-state index in [1.165, 1.54) is 19.3 Å². The molecule has 0 bridgehead atoms. The summed E-state index contributed by atoms with van der Waals surface area (Å²) < 4.78 is 5.37. The van der Waals surface area contributed by atoms with Crippen LogP contribution in [-0.2, 0) is 4.74 Å². The van der Waals surface area contributed by atoms with Gasteiger partial charge in [0.15, 0.2) is 0 Å². The lowest BCUT2D eigenvalue weighted by atomic mass is 9.91. The maximum Gasteiger partial charge on any atom is 0.0594 e. The van der Waals surface area contributed by atoms with E-state index in [1.807, 2.05) is 0 Å². The summed E-state index contributed by atoms with van der Waals surface area (Å²) in [4.78, 5) is 2.49. The van der Waals surface area contributed by atoms with E-state index in [-0.39, 0.29) is 0 Å². The Bertz CT molecular complexity index is 219. The number of nitrogens with one attached hydrogen (secondary N) is 1. The highest BCUT2D eigenvalue weighted by Gasteiger charge is 2.21. The average Bonchev–Trinajstić information content (AvgIpc) is 2.30. The normalized spacial score (nSPS) is 33.5. The van der Waals surface area contributed by atoms with E-state index in [4.69, 9.17) is 10.5 Å². The second-order valence-corrected chi connectivity index (χ2v) is 5.60. The minimum atomic E-state index is 0.414. The fraction of sp³-hybridized carbons (Fsp3) is 1.00. The summed E-state index contributed by atoms with van der Waals surface area (Å²) >= 11 is 0. The monoisotopic (exact) mass is 241 g/mol. The van der Waals surface area contributed by atoms with Gasteiger partial charge >= 0.3 is 0 Å². The molecule has 2 aliphatic rings. The molecule has 1 heterocycles. The van der Waals surface area contributed by atoms with Gasteiger partial charge in [-0.15, -0.1) is 0 Å². The molecule has 0 radical (unpaired) electrons. The van der Waals surface area contributed by atoms with Gasteiger partial charge in [-0.05, 0) is 26.2 Å². The van der Waals surface area contributed by atoms with Gasteiger partial charge in [0.25, 0.3) is 0 Å². The summed E-state index contributed by atoms with van der Waals surface area (Å²) in [7, 11) is 0. The minimum absolute atomic E-state index is 0.414. The van der Waals surface area contributed by atoms with Gasteiger partial charge in [-0.25, -0.2) is 0 Å². The van der Waals surface area contributed by atoms with Crippen LogP contribution < -0.4 is 11.1 Å². The first-order chi connectivity index (χ1) is 8.24. The first-order valence-electron chi connectivity index (χ1n) is 7.06. The Morgan fingerprint density at radius 1 is 1.35 bits per heavy atom. The van der Waals surface area contributed by atoms with Crippen LogP contribution in [0.3, 0.4) is 0 Å². The first kappa shape index (κ1) is 13.3. The number of hydrogen-bond acceptors (Lipinski definition) is 4. The molecule has 0 aromatic rings. The van der Waals surface area contributed by atoms with E-state index in [0.717, 1.165) is 39.3 Å². The van der Waals surface area contributed by atoms with E-state index < -0.39 is 0 Å². The molecule has 100 valence electrons. The second-order valence-electron chi connectivity index (χ2n) is 5.60. The van der Waals surface area contributed by atoms with Crippen LogP contribution >= 0.6 is 0 Å². The van der Waals surface area contributed by atoms with Crippen molar-refractivity contribution in [1.29, 1.82) is 0 Å². The van der Waals surface area contributed by atoms with Crippen LogP contribution in [0.2, 0.25) is 0 Å². The van der Waals surface area contributed by atoms with Crippen molar-refractivity contribution >= 4 is 0 Å². The number of nitrogens with two attached hydrogens (primary N) is 1. The van der Waals surface area contributed by atoms with Crippen molar-refractivity contribution in [1.82, 2.24) is 10.2 Å². The summed E-state index contributed by atoms with van der Waals surface area (Å²) in [5.41, 5.74) is 6.02. The molecule has 1 aliphatic heterocycles. The summed E-state index contributed by atoms with van der Waals surface area (Å²) in [6.45, 7) is 7.36. The zero-order valence-electron chi connectivity index (χ0n) is 11.0. The topological polar surface area (TPSA) is 50.5 Å². The van der Waals surface area contributed by atoms with Crippen molar-refractivity contribution in [2.45, 2.75) is 50.7 Å². The third-order valence-electron chi connectivity index (χ3n) is 3.87. The molecule has 2 fully saturated rings. The first-order valence-corrected chi connectivity index (χ1v) is 7.06.